The molecule has 0 saturated carbocycles. The Morgan fingerprint density at radius 3 is 2.29 bits per heavy atom. The predicted molar refractivity (Wildman–Crippen MR) is 86.7 cm³/mol. The molecule has 0 heterocycles. The first kappa shape index (κ1) is 17.7. The van der Waals surface area contributed by atoms with Crippen LogP contribution in [0.5, 0.6) is 0 Å². The van der Waals surface area contributed by atoms with E-state index in [1.165, 1.54) is 5.57 Å². The molecule has 4 heteroatoms. The van der Waals surface area contributed by atoms with Gasteiger partial charge in [0.15, 0.2) is 0 Å². The summed E-state index contributed by atoms with van der Waals surface area (Å²) in [6.45, 7) is 8.11. The van der Waals surface area contributed by atoms with Crippen molar-refractivity contribution in [1.29, 1.82) is 0 Å². The summed E-state index contributed by atoms with van der Waals surface area (Å²) in [6.07, 6.45) is 5.88. The normalized spacial score (nSPS) is 12.3. The monoisotopic (exact) mass is 308 g/mol. The first-order chi connectivity index (χ1) is 9.81. The molecule has 0 aromatic heterocycles. The van der Waals surface area contributed by atoms with Gasteiger partial charge >= 0.3 is 0 Å². The van der Waals surface area contributed by atoms with Crippen LogP contribution in [-0.2, 0) is 14.3 Å². The van der Waals surface area contributed by atoms with Gasteiger partial charge in [-0.1, -0.05) is 41.0 Å². The molecule has 0 aliphatic carbocycles. The molecular formula is C17H24O3S. The van der Waals surface area contributed by atoms with E-state index in [4.69, 9.17) is 4.18 Å². The third kappa shape index (κ3) is 6.74. The van der Waals surface area contributed by atoms with Gasteiger partial charge in [0.05, 0.1) is 11.5 Å². The number of benzene rings is 1. The van der Waals surface area contributed by atoms with Crippen molar-refractivity contribution in [2.24, 2.45) is 0 Å². The van der Waals surface area contributed by atoms with E-state index >= 15 is 0 Å². The number of rotatable bonds is 7. The van der Waals surface area contributed by atoms with E-state index in [9.17, 15) is 8.42 Å². The van der Waals surface area contributed by atoms with E-state index in [1.807, 2.05) is 19.9 Å². The summed E-state index contributed by atoms with van der Waals surface area (Å²) in [5.74, 6) is 0. The molecule has 1 aromatic carbocycles. The van der Waals surface area contributed by atoms with Gasteiger partial charge in [0.2, 0.25) is 0 Å². The zero-order valence-electron chi connectivity index (χ0n) is 13.2. The molecule has 1 rings (SSSR count). The summed E-state index contributed by atoms with van der Waals surface area (Å²) >= 11 is 0. The smallest absolute Gasteiger partial charge is 0.262 e. The SMILES string of the molecule is CC(C)=CCC/C(C)=C/COS(=O)(=O)c1ccc(C)cc1. The van der Waals surface area contributed by atoms with Gasteiger partial charge in [-0.05, 0) is 52.7 Å². The number of aryl methyl sites for hydroxylation is 1. The largest absolute Gasteiger partial charge is 0.297 e. The summed E-state index contributed by atoms with van der Waals surface area (Å²) < 4.78 is 29.0. The maximum atomic E-state index is 12.0. The van der Waals surface area contributed by atoms with Gasteiger partial charge in [-0.2, -0.15) is 8.42 Å². The number of allylic oxidation sites excluding steroid dienone is 3. The van der Waals surface area contributed by atoms with Crippen LogP contribution in [0.2, 0.25) is 0 Å². The first-order valence-corrected chi connectivity index (χ1v) is 8.47. The van der Waals surface area contributed by atoms with E-state index in [0.29, 0.717) is 0 Å². The minimum absolute atomic E-state index is 0.0802. The summed E-state index contributed by atoms with van der Waals surface area (Å²) in [5.41, 5.74) is 3.44. The van der Waals surface area contributed by atoms with Crippen molar-refractivity contribution >= 4 is 10.1 Å². The average Bonchev–Trinajstić information content (AvgIpc) is 2.38. The Labute approximate surface area is 128 Å². The molecule has 1 aromatic rings. The van der Waals surface area contributed by atoms with Crippen molar-refractivity contribution < 1.29 is 12.6 Å². The lowest BCUT2D eigenvalue weighted by atomic mass is 10.1. The van der Waals surface area contributed by atoms with Crippen LogP contribution in [0.15, 0.2) is 52.5 Å². The Kier molecular flexibility index (Phi) is 6.85. The Bertz CT molecular complexity index is 604. The van der Waals surface area contributed by atoms with Crippen LogP contribution >= 0.6 is 0 Å². The molecule has 0 bridgehead atoms. The van der Waals surface area contributed by atoms with E-state index in [-0.39, 0.29) is 11.5 Å². The van der Waals surface area contributed by atoms with Crippen molar-refractivity contribution in [3.8, 4) is 0 Å². The molecule has 0 spiro atoms. The van der Waals surface area contributed by atoms with Crippen LogP contribution < -0.4 is 0 Å². The van der Waals surface area contributed by atoms with Gasteiger partial charge in [-0.25, -0.2) is 0 Å². The van der Waals surface area contributed by atoms with Crippen LogP contribution in [0.3, 0.4) is 0 Å². The average molecular weight is 308 g/mol. The number of hydrogen-bond donors (Lipinski definition) is 0. The molecule has 0 unspecified atom stereocenters. The van der Waals surface area contributed by atoms with E-state index < -0.39 is 10.1 Å². The molecule has 0 N–H and O–H groups in total. The third-order valence-corrected chi connectivity index (χ3v) is 4.35. The van der Waals surface area contributed by atoms with Crippen LogP contribution in [0, 0.1) is 6.92 Å². The minimum atomic E-state index is -3.66. The van der Waals surface area contributed by atoms with Gasteiger partial charge in [0.1, 0.15) is 0 Å². The van der Waals surface area contributed by atoms with Crippen LogP contribution in [0.25, 0.3) is 0 Å². The third-order valence-electron chi connectivity index (χ3n) is 3.06. The summed E-state index contributed by atoms with van der Waals surface area (Å²) in [5, 5.41) is 0. The Hall–Kier alpha value is -1.39. The van der Waals surface area contributed by atoms with Crippen molar-refractivity contribution in [3.63, 3.8) is 0 Å². The second-order valence-electron chi connectivity index (χ2n) is 5.42. The molecule has 0 saturated heterocycles. The Morgan fingerprint density at radius 2 is 1.71 bits per heavy atom. The second kappa shape index (κ2) is 8.15. The topological polar surface area (TPSA) is 43.4 Å². The highest BCUT2D eigenvalue weighted by Crippen LogP contribution is 2.14. The molecule has 0 radical (unpaired) electrons. The zero-order valence-corrected chi connectivity index (χ0v) is 14.0. The zero-order chi connectivity index (χ0) is 15.9. The van der Waals surface area contributed by atoms with Crippen molar-refractivity contribution in [2.75, 3.05) is 6.61 Å². The minimum Gasteiger partial charge on any atom is -0.262 e. The maximum absolute atomic E-state index is 12.0. The summed E-state index contributed by atoms with van der Waals surface area (Å²) in [6, 6.07) is 6.65. The standard InChI is InChI=1S/C17H24O3S/c1-14(2)6-5-7-15(3)12-13-20-21(18,19)17-10-8-16(4)9-11-17/h6,8-12H,5,7,13H2,1-4H3/b15-12+. The lowest BCUT2D eigenvalue weighted by Gasteiger charge is -2.05. The Morgan fingerprint density at radius 1 is 1.10 bits per heavy atom. The van der Waals surface area contributed by atoms with Crippen molar-refractivity contribution in [1.82, 2.24) is 0 Å². The predicted octanol–water partition coefficient (Wildman–Crippen LogP) is 4.39. The van der Waals surface area contributed by atoms with E-state index in [2.05, 4.69) is 19.9 Å². The molecular weight excluding hydrogens is 284 g/mol. The molecule has 0 aliphatic heterocycles. The summed E-state index contributed by atoms with van der Waals surface area (Å²) in [7, 11) is -3.66. The van der Waals surface area contributed by atoms with Crippen LogP contribution in [-0.4, -0.2) is 15.0 Å². The highest BCUT2D eigenvalue weighted by molar-refractivity contribution is 7.86. The lowest BCUT2D eigenvalue weighted by Crippen LogP contribution is -2.06. The highest BCUT2D eigenvalue weighted by Gasteiger charge is 2.13. The van der Waals surface area contributed by atoms with Gasteiger partial charge < -0.3 is 0 Å². The lowest BCUT2D eigenvalue weighted by molar-refractivity contribution is 0.356. The fourth-order valence-corrected chi connectivity index (χ4v) is 2.58. The maximum Gasteiger partial charge on any atom is 0.297 e. The molecule has 0 amide bonds. The fraction of sp³-hybridized carbons (Fsp3) is 0.412. The van der Waals surface area contributed by atoms with Crippen LogP contribution in [0.1, 0.15) is 39.2 Å². The Balaban J connectivity index is 2.54. The molecule has 21 heavy (non-hydrogen) atoms. The number of hydrogen-bond acceptors (Lipinski definition) is 3. The quantitative estimate of drug-likeness (QED) is 0.554. The first-order valence-electron chi connectivity index (χ1n) is 7.06. The van der Waals surface area contributed by atoms with Crippen molar-refractivity contribution in [3.05, 3.63) is 53.1 Å². The summed E-state index contributed by atoms with van der Waals surface area (Å²) in [4.78, 5) is 0.198. The van der Waals surface area contributed by atoms with Crippen molar-refractivity contribution in [2.45, 2.75) is 45.4 Å². The molecule has 116 valence electrons. The fourth-order valence-electron chi connectivity index (χ4n) is 1.73. The molecule has 3 nitrogen and oxygen atoms in total. The van der Waals surface area contributed by atoms with Gasteiger partial charge in [0, 0.05) is 0 Å². The highest BCUT2D eigenvalue weighted by atomic mass is 32.2. The van der Waals surface area contributed by atoms with Gasteiger partial charge in [-0.3, -0.25) is 4.18 Å². The van der Waals surface area contributed by atoms with Crippen LogP contribution in [0.4, 0.5) is 0 Å². The van der Waals surface area contributed by atoms with Gasteiger partial charge in [0.25, 0.3) is 10.1 Å². The van der Waals surface area contributed by atoms with E-state index in [1.54, 1.807) is 24.3 Å². The second-order valence-corrected chi connectivity index (χ2v) is 7.04. The van der Waals surface area contributed by atoms with E-state index in [0.717, 1.165) is 24.0 Å². The van der Waals surface area contributed by atoms with Gasteiger partial charge in [-0.15, -0.1) is 0 Å². The molecule has 0 aliphatic rings. The molecule has 0 fully saturated rings. The molecule has 0 atom stereocenters.